The normalized spacial score (nSPS) is 11.3. The Morgan fingerprint density at radius 2 is 1.83 bits per heavy atom. The summed E-state index contributed by atoms with van der Waals surface area (Å²) in [5.74, 6) is 3.36. The molecular formula is C21H35IN6OS. The van der Waals surface area contributed by atoms with Crippen LogP contribution in [0.25, 0.3) is 0 Å². The predicted octanol–water partition coefficient (Wildman–Crippen LogP) is 3.84. The van der Waals surface area contributed by atoms with E-state index in [1.165, 1.54) is 0 Å². The van der Waals surface area contributed by atoms with Crippen LogP contribution in [0, 0.1) is 5.92 Å². The summed E-state index contributed by atoms with van der Waals surface area (Å²) < 4.78 is 7.95. The van der Waals surface area contributed by atoms with Gasteiger partial charge in [0.15, 0.2) is 11.1 Å². The van der Waals surface area contributed by atoms with Crippen LogP contribution in [0.4, 0.5) is 0 Å². The highest BCUT2D eigenvalue weighted by Gasteiger charge is 2.12. The second-order valence-electron chi connectivity index (χ2n) is 7.15. The number of thioether (sulfide) groups is 1. The predicted molar refractivity (Wildman–Crippen MR) is 136 cm³/mol. The smallest absolute Gasteiger partial charge is 0.190 e. The van der Waals surface area contributed by atoms with Gasteiger partial charge in [-0.3, -0.25) is 4.99 Å². The molecule has 30 heavy (non-hydrogen) atoms. The maximum atomic E-state index is 5.70. The Hall–Kier alpha value is -1.49. The van der Waals surface area contributed by atoms with Gasteiger partial charge in [-0.25, -0.2) is 0 Å². The third kappa shape index (κ3) is 9.55. The molecule has 0 aliphatic heterocycles. The Labute approximate surface area is 201 Å². The lowest BCUT2D eigenvalue weighted by Crippen LogP contribution is -2.38. The molecular weight excluding hydrogens is 511 g/mol. The zero-order chi connectivity index (χ0) is 20.9. The summed E-state index contributed by atoms with van der Waals surface area (Å²) in [5.41, 5.74) is 0. The zero-order valence-electron chi connectivity index (χ0n) is 18.4. The monoisotopic (exact) mass is 546 g/mol. The molecule has 2 rings (SSSR count). The summed E-state index contributed by atoms with van der Waals surface area (Å²) in [6.07, 6.45) is 4.83. The second-order valence-corrected chi connectivity index (χ2v) is 7.93. The quantitative estimate of drug-likeness (QED) is 0.139. The number of nitrogens with zero attached hydrogens (tertiary/aromatic N) is 4. The molecule has 9 heteroatoms. The van der Waals surface area contributed by atoms with E-state index in [1.807, 2.05) is 36.6 Å². The van der Waals surface area contributed by atoms with Gasteiger partial charge in [0.1, 0.15) is 11.6 Å². The van der Waals surface area contributed by atoms with Crippen molar-refractivity contribution in [3.8, 4) is 5.75 Å². The first-order chi connectivity index (χ1) is 14.1. The number of nitrogens with one attached hydrogen (secondary N) is 2. The number of aliphatic imine (C=N–C) groups is 1. The minimum atomic E-state index is 0. The number of aromatic nitrogens is 3. The molecule has 2 aromatic rings. The Balaban J connectivity index is 0.00000450. The largest absolute Gasteiger partial charge is 0.494 e. The van der Waals surface area contributed by atoms with Crippen LogP contribution in [-0.4, -0.2) is 53.7 Å². The molecule has 2 N–H and O–H groups in total. The number of benzene rings is 1. The number of ether oxygens (including phenoxy) is 1. The van der Waals surface area contributed by atoms with Crippen molar-refractivity contribution in [2.45, 2.75) is 44.8 Å². The summed E-state index contributed by atoms with van der Waals surface area (Å²) in [6.45, 7) is 7.72. The number of halogens is 1. The van der Waals surface area contributed by atoms with E-state index in [2.05, 4.69) is 44.2 Å². The van der Waals surface area contributed by atoms with Gasteiger partial charge < -0.3 is 19.9 Å². The minimum Gasteiger partial charge on any atom is -0.494 e. The Morgan fingerprint density at radius 3 is 2.47 bits per heavy atom. The first-order valence-corrected chi connectivity index (χ1v) is 11.4. The first kappa shape index (κ1) is 26.5. The van der Waals surface area contributed by atoms with Crippen molar-refractivity contribution in [2.75, 3.05) is 33.0 Å². The van der Waals surface area contributed by atoms with Crippen molar-refractivity contribution >= 4 is 41.7 Å². The lowest BCUT2D eigenvalue weighted by atomic mass is 10.2. The van der Waals surface area contributed by atoms with E-state index >= 15 is 0 Å². The molecule has 7 nitrogen and oxygen atoms in total. The number of para-hydroxylation sites is 1. The second kappa shape index (κ2) is 15.3. The highest BCUT2D eigenvalue weighted by molar-refractivity contribution is 14.0. The van der Waals surface area contributed by atoms with Crippen LogP contribution in [0.1, 0.15) is 32.5 Å². The fourth-order valence-corrected chi connectivity index (χ4v) is 3.39. The Kier molecular flexibility index (Phi) is 13.6. The lowest BCUT2D eigenvalue weighted by molar-refractivity contribution is 0.311. The number of rotatable bonds is 12. The fraction of sp³-hybridized carbons (Fsp3) is 0.571. The number of aryl methyl sites for hydroxylation is 1. The van der Waals surface area contributed by atoms with Crippen LogP contribution in [0.5, 0.6) is 5.75 Å². The van der Waals surface area contributed by atoms with E-state index in [4.69, 9.17) is 4.74 Å². The van der Waals surface area contributed by atoms with Crippen molar-refractivity contribution in [2.24, 2.45) is 10.9 Å². The van der Waals surface area contributed by atoms with Gasteiger partial charge in [0.25, 0.3) is 0 Å². The van der Waals surface area contributed by atoms with Crippen LogP contribution >= 0.6 is 35.7 Å². The summed E-state index contributed by atoms with van der Waals surface area (Å²) in [5, 5.41) is 16.4. The average Bonchev–Trinajstić information content (AvgIpc) is 3.11. The first-order valence-electron chi connectivity index (χ1n) is 10.2. The maximum absolute atomic E-state index is 5.70. The molecule has 0 aliphatic rings. The summed E-state index contributed by atoms with van der Waals surface area (Å²) in [4.78, 5) is 4.28. The molecule has 0 radical (unpaired) electrons. The molecule has 0 bridgehead atoms. The molecule has 0 saturated heterocycles. The molecule has 0 unspecified atom stereocenters. The number of hydrogen-bond donors (Lipinski definition) is 2. The van der Waals surface area contributed by atoms with Gasteiger partial charge in [-0.1, -0.05) is 43.8 Å². The standard InChI is InChI=1S/C21H34N6OS.HI/c1-17(2)16-27-19(25-26-21(27)29-4)12-8-13-23-20(22-3)24-14-9-15-28-18-10-6-5-7-11-18;/h5-7,10-11,17H,8-9,12-16H2,1-4H3,(H2,22,23,24);1H. The van der Waals surface area contributed by atoms with Crippen molar-refractivity contribution in [3.05, 3.63) is 36.2 Å². The Morgan fingerprint density at radius 1 is 1.13 bits per heavy atom. The number of guanidine groups is 1. The van der Waals surface area contributed by atoms with E-state index in [-0.39, 0.29) is 24.0 Å². The summed E-state index contributed by atoms with van der Waals surface area (Å²) >= 11 is 1.65. The highest BCUT2D eigenvalue weighted by Crippen LogP contribution is 2.16. The average molecular weight is 547 g/mol. The van der Waals surface area contributed by atoms with Gasteiger partial charge in [0, 0.05) is 33.1 Å². The van der Waals surface area contributed by atoms with Crippen molar-refractivity contribution < 1.29 is 4.74 Å². The molecule has 0 saturated carbocycles. The molecule has 0 amide bonds. The van der Waals surface area contributed by atoms with Crippen LogP contribution < -0.4 is 15.4 Å². The zero-order valence-corrected chi connectivity index (χ0v) is 21.6. The topological polar surface area (TPSA) is 76.4 Å². The van der Waals surface area contributed by atoms with Crippen LogP contribution in [0.3, 0.4) is 0 Å². The van der Waals surface area contributed by atoms with Gasteiger partial charge in [-0.05, 0) is 37.1 Å². The fourth-order valence-electron chi connectivity index (χ4n) is 2.86. The van der Waals surface area contributed by atoms with Gasteiger partial charge in [-0.2, -0.15) is 0 Å². The molecule has 1 aromatic heterocycles. The van der Waals surface area contributed by atoms with Crippen molar-refractivity contribution in [1.29, 1.82) is 0 Å². The molecule has 0 atom stereocenters. The highest BCUT2D eigenvalue weighted by atomic mass is 127. The molecule has 0 spiro atoms. The lowest BCUT2D eigenvalue weighted by Gasteiger charge is -2.13. The molecule has 1 aromatic carbocycles. The molecule has 1 heterocycles. The SMILES string of the molecule is CN=C(NCCCOc1ccccc1)NCCCc1nnc(SC)n1CC(C)C.I. The Bertz CT molecular complexity index is 738. The van der Waals surface area contributed by atoms with Crippen molar-refractivity contribution in [3.63, 3.8) is 0 Å². The van der Waals surface area contributed by atoms with E-state index in [0.717, 1.165) is 61.6 Å². The molecule has 0 aliphatic carbocycles. The van der Waals surface area contributed by atoms with Crippen molar-refractivity contribution in [1.82, 2.24) is 25.4 Å². The third-order valence-electron chi connectivity index (χ3n) is 4.24. The van der Waals surface area contributed by atoms with E-state index < -0.39 is 0 Å². The third-order valence-corrected chi connectivity index (χ3v) is 4.91. The van der Waals surface area contributed by atoms with Crippen LogP contribution in [-0.2, 0) is 13.0 Å². The summed E-state index contributed by atoms with van der Waals surface area (Å²) in [6, 6.07) is 9.88. The number of hydrogen-bond acceptors (Lipinski definition) is 5. The van der Waals surface area contributed by atoms with Gasteiger partial charge in [-0.15, -0.1) is 34.2 Å². The maximum Gasteiger partial charge on any atom is 0.190 e. The minimum absolute atomic E-state index is 0. The van der Waals surface area contributed by atoms with Crippen LogP contribution in [0.2, 0.25) is 0 Å². The molecule has 168 valence electrons. The van der Waals surface area contributed by atoms with Crippen LogP contribution in [0.15, 0.2) is 40.5 Å². The van der Waals surface area contributed by atoms with Gasteiger partial charge >= 0.3 is 0 Å². The van der Waals surface area contributed by atoms with Gasteiger partial charge in [0.05, 0.1) is 6.61 Å². The summed E-state index contributed by atoms with van der Waals surface area (Å²) in [7, 11) is 1.79. The van der Waals surface area contributed by atoms with E-state index in [0.29, 0.717) is 12.5 Å². The molecule has 0 fully saturated rings. The van der Waals surface area contributed by atoms with E-state index in [9.17, 15) is 0 Å². The van der Waals surface area contributed by atoms with E-state index in [1.54, 1.807) is 18.8 Å². The van der Waals surface area contributed by atoms with Gasteiger partial charge in [0.2, 0.25) is 0 Å².